The lowest BCUT2D eigenvalue weighted by atomic mass is 9.98. The molecule has 1 heterocycles. The number of carbonyl (C=O) groups excluding carboxylic acids is 5. The van der Waals surface area contributed by atoms with Crippen LogP contribution in [0.5, 0.6) is 5.75 Å². The average Bonchev–Trinajstić information content (AvgIpc) is 3.14. The monoisotopic (exact) mass is 743 g/mol. The van der Waals surface area contributed by atoms with Gasteiger partial charge >= 0.3 is 0 Å². The highest BCUT2D eigenvalue weighted by Gasteiger charge is 2.35. The van der Waals surface area contributed by atoms with Crippen molar-refractivity contribution in [3.8, 4) is 5.75 Å². The molecule has 17 nitrogen and oxygen atoms in total. The van der Waals surface area contributed by atoms with Gasteiger partial charge in [0.1, 0.15) is 29.9 Å². The number of amides is 5. The Bertz CT molecular complexity index is 1850. The SMILES string of the molecule is CN1C(=O)[C@@H](Cc2ccc(O)cc2)NC(=O)CNC(=O)[C@H](Cc2cccc3ccccc23)NC(=O)[C@H](CCCN=C(N)N)NC(=O)[C@H]1CCCN=C(N)N. The van der Waals surface area contributed by atoms with Gasteiger partial charge in [0, 0.05) is 33.0 Å². The Morgan fingerprint density at radius 2 is 1.35 bits per heavy atom. The molecule has 0 unspecified atom stereocenters. The number of phenols is 1. The molecule has 17 heteroatoms. The van der Waals surface area contributed by atoms with Crippen LogP contribution in [0, 0.1) is 0 Å². The molecule has 0 bridgehead atoms. The van der Waals surface area contributed by atoms with Crippen molar-refractivity contribution in [3.05, 3.63) is 77.9 Å². The number of carbonyl (C=O) groups is 5. The minimum absolute atomic E-state index is 0.00262. The first-order chi connectivity index (χ1) is 25.8. The van der Waals surface area contributed by atoms with E-state index in [1.165, 1.54) is 24.1 Å². The molecule has 1 aliphatic rings. The number of guanidine groups is 2. The zero-order valence-electron chi connectivity index (χ0n) is 30.2. The van der Waals surface area contributed by atoms with Gasteiger partial charge in [-0.25, -0.2) is 0 Å². The van der Waals surface area contributed by atoms with Crippen LogP contribution in [0.2, 0.25) is 0 Å². The fraction of sp³-hybridized carbons (Fsp3) is 0.378. The third-order valence-electron chi connectivity index (χ3n) is 9.00. The molecule has 0 aliphatic carbocycles. The molecular weight excluding hydrogens is 694 g/mol. The Morgan fingerprint density at radius 3 is 2.04 bits per heavy atom. The summed E-state index contributed by atoms with van der Waals surface area (Å²) < 4.78 is 0. The van der Waals surface area contributed by atoms with Crippen molar-refractivity contribution in [2.75, 3.05) is 26.7 Å². The minimum atomic E-state index is -1.18. The Labute approximate surface area is 313 Å². The number of hydrogen-bond acceptors (Lipinski definition) is 8. The third-order valence-corrected chi connectivity index (χ3v) is 9.00. The minimum Gasteiger partial charge on any atom is -0.508 e. The maximum Gasteiger partial charge on any atom is 0.245 e. The first-order valence-electron chi connectivity index (χ1n) is 17.6. The van der Waals surface area contributed by atoms with Gasteiger partial charge in [-0.05, 0) is 59.7 Å². The van der Waals surface area contributed by atoms with Crippen LogP contribution < -0.4 is 44.2 Å². The van der Waals surface area contributed by atoms with Crippen LogP contribution in [0.25, 0.3) is 10.8 Å². The van der Waals surface area contributed by atoms with E-state index in [1.54, 1.807) is 12.1 Å². The van der Waals surface area contributed by atoms with E-state index < -0.39 is 60.2 Å². The van der Waals surface area contributed by atoms with Crippen molar-refractivity contribution in [1.29, 1.82) is 0 Å². The second kappa shape index (κ2) is 19.4. The van der Waals surface area contributed by atoms with Crippen molar-refractivity contribution >= 4 is 52.2 Å². The van der Waals surface area contributed by atoms with Gasteiger partial charge in [-0.2, -0.15) is 0 Å². The normalized spacial score (nSPS) is 20.1. The van der Waals surface area contributed by atoms with Gasteiger partial charge in [0.15, 0.2) is 11.9 Å². The number of fused-ring (bicyclic) bond motifs is 1. The Hall–Kier alpha value is -6.39. The van der Waals surface area contributed by atoms with Crippen LogP contribution in [-0.2, 0) is 36.8 Å². The molecule has 1 aliphatic heterocycles. The number of hydrogen-bond donors (Lipinski definition) is 9. The molecule has 0 spiro atoms. The van der Waals surface area contributed by atoms with E-state index in [1.807, 2.05) is 42.5 Å². The summed E-state index contributed by atoms with van der Waals surface area (Å²) in [5.74, 6) is -3.51. The zero-order valence-corrected chi connectivity index (χ0v) is 30.2. The lowest BCUT2D eigenvalue weighted by Crippen LogP contribution is -2.58. The summed E-state index contributed by atoms with van der Waals surface area (Å²) in [5, 5.41) is 22.5. The molecule has 4 atom stereocenters. The molecule has 0 radical (unpaired) electrons. The van der Waals surface area contributed by atoms with Crippen molar-refractivity contribution < 1.29 is 29.1 Å². The smallest absolute Gasteiger partial charge is 0.245 e. The number of likely N-dealkylation sites (N-methyl/N-ethyl adjacent to an activating group) is 1. The van der Waals surface area contributed by atoms with Crippen LogP contribution in [0.4, 0.5) is 0 Å². The summed E-state index contributed by atoms with van der Waals surface area (Å²) in [6.07, 6.45) is 0.814. The molecule has 3 aromatic carbocycles. The molecule has 1 fully saturated rings. The number of nitrogens with two attached hydrogens (primary N) is 4. The second-order valence-corrected chi connectivity index (χ2v) is 13.0. The average molecular weight is 744 g/mol. The quantitative estimate of drug-likeness (QED) is 0.0610. The third kappa shape index (κ3) is 11.8. The molecule has 1 saturated heterocycles. The molecule has 288 valence electrons. The van der Waals surface area contributed by atoms with Crippen molar-refractivity contribution in [1.82, 2.24) is 26.2 Å². The van der Waals surface area contributed by atoms with Crippen LogP contribution in [0.15, 0.2) is 76.7 Å². The van der Waals surface area contributed by atoms with E-state index in [-0.39, 0.29) is 69.3 Å². The summed E-state index contributed by atoms with van der Waals surface area (Å²) >= 11 is 0. The number of benzene rings is 3. The Kier molecular flexibility index (Phi) is 14.5. The zero-order chi connectivity index (χ0) is 39.2. The first-order valence-corrected chi connectivity index (χ1v) is 17.6. The fourth-order valence-electron chi connectivity index (χ4n) is 6.21. The van der Waals surface area contributed by atoms with E-state index in [2.05, 4.69) is 31.3 Å². The van der Waals surface area contributed by atoms with E-state index in [0.717, 1.165) is 16.3 Å². The van der Waals surface area contributed by atoms with E-state index in [4.69, 9.17) is 22.9 Å². The molecule has 0 saturated carbocycles. The molecule has 4 rings (SSSR count). The summed E-state index contributed by atoms with van der Waals surface area (Å²) in [7, 11) is 1.43. The number of aliphatic imine (C=N–C) groups is 2. The van der Waals surface area contributed by atoms with Crippen LogP contribution in [-0.4, -0.2) is 102 Å². The lowest BCUT2D eigenvalue weighted by molar-refractivity contribution is -0.142. The van der Waals surface area contributed by atoms with Gasteiger partial charge in [0.25, 0.3) is 0 Å². The van der Waals surface area contributed by atoms with E-state index in [9.17, 15) is 29.1 Å². The predicted octanol–water partition coefficient (Wildman–Crippen LogP) is -1.15. The number of nitrogens with one attached hydrogen (secondary N) is 4. The summed E-state index contributed by atoms with van der Waals surface area (Å²) in [6, 6.07) is 14.7. The Morgan fingerprint density at radius 1 is 0.722 bits per heavy atom. The number of nitrogens with zero attached hydrogens (tertiary/aromatic N) is 3. The number of rotatable bonds is 12. The van der Waals surface area contributed by atoms with E-state index in [0.29, 0.717) is 5.56 Å². The van der Waals surface area contributed by atoms with Gasteiger partial charge in [-0.1, -0.05) is 54.6 Å². The van der Waals surface area contributed by atoms with Gasteiger partial charge in [-0.15, -0.1) is 0 Å². The number of aromatic hydroxyl groups is 1. The van der Waals surface area contributed by atoms with Gasteiger partial charge < -0.3 is 54.2 Å². The highest BCUT2D eigenvalue weighted by Crippen LogP contribution is 2.21. The fourth-order valence-corrected chi connectivity index (χ4v) is 6.21. The van der Waals surface area contributed by atoms with Gasteiger partial charge in [-0.3, -0.25) is 34.0 Å². The van der Waals surface area contributed by atoms with Crippen molar-refractivity contribution in [2.24, 2.45) is 32.9 Å². The maximum absolute atomic E-state index is 14.2. The summed E-state index contributed by atoms with van der Waals surface area (Å²) in [4.78, 5) is 78.7. The molecule has 5 amide bonds. The molecule has 0 aromatic heterocycles. The van der Waals surface area contributed by atoms with Crippen molar-refractivity contribution in [3.63, 3.8) is 0 Å². The molecular formula is C37H49N11O6. The maximum atomic E-state index is 14.2. The second-order valence-electron chi connectivity index (χ2n) is 13.0. The molecule has 3 aromatic rings. The highest BCUT2D eigenvalue weighted by atomic mass is 16.3. The number of phenolic OH excluding ortho intramolecular Hbond substituents is 1. The van der Waals surface area contributed by atoms with Crippen LogP contribution in [0.1, 0.15) is 36.8 Å². The Balaban J connectivity index is 1.73. The van der Waals surface area contributed by atoms with Gasteiger partial charge in [0.2, 0.25) is 29.5 Å². The standard InChI is InChI=1S/C37H49N11O6/c1-48-30(12-6-18-43-37(40)41)34(53)46-27(11-5-17-42-36(38)39)33(52)47-28(20-24-9-4-8-23-7-2-3-10-26(23)24)32(51)44-21-31(50)45-29(35(48)54)19-22-13-15-25(49)16-14-22/h2-4,7-10,13-16,27-30,49H,5-6,11-12,17-21H2,1H3,(H,44,51)(H,45,50)(H,46,53)(H,47,52)(H4,38,39,42)(H4,40,41,43)/t27-,28-,29+,30+/m0/s1. The summed E-state index contributed by atoms with van der Waals surface area (Å²) in [5.41, 5.74) is 23.4. The summed E-state index contributed by atoms with van der Waals surface area (Å²) in [6.45, 7) is -0.187. The lowest BCUT2D eigenvalue weighted by Gasteiger charge is -2.32. The molecule has 13 N–H and O–H groups in total. The van der Waals surface area contributed by atoms with Crippen LogP contribution in [0.3, 0.4) is 0 Å². The first kappa shape index (κ1) is 40.4. The van der Waals surface area contributed by atoms with Crippen molar-refractivity contribution in [2.45, 2.75) is 62.7 Å². The largest absolute Gasteiger partial charge is 0.508 e. The predicted molar refractivity (Wildman–Crippen MR) is 205 cm³/mol. The molecule has 54 heavy (non-hydrogen) atoms. The van der Waals surface area contributed by atoms with E-state index >= 15 is 0 Å². The topological polar surface area (TPSA) is 286 Å². The highest BCUT2D eigenvalue weighted by molar-refractivity contribution is 5.97. The van der Waals surface area contributed by atoms with Gasteiger partial charge in [0.05, 0.1) is 6.54 Å². The van der Waals surface area contributed by atoms with Crippen LogP contribution >= 0.6 is 0 Å².